The SMILES string of the molecule is Cl.Cl.O=C(O)c1cc2c(s1)CCc1ccccc1C2=C1CCN(CCCC2CCNC2)CC1. The van der Waals surface area contributed by atoms with Crippen molar-refractivity contribution < 1.29 is 9.90 Å². The van der Waals surface area contributed by atoms with E-state index < -0.39 is 5.97 Å². The van der Waals surface area contributed by atoms with Gasteiger partial charge in [-0.15, -0.1) is 36.2 Å². The topological polar surface area (TPSA) is 52.6 Å². The number of nitrogens with one attached hydrogen (secondary N) is 1. The highest BCUT2D eigenvalue weighted by Gasteiger charge is 2.26. The van der Waals surface area contributed by atoms with Gasteiger partial charge in [0, 0.05) is 18.0 Å². The van der Waals surface area contributed by atoms with Crippen molar-refractivity contribution in [3.8, 4) is 0 Å². The minimum atomic E-state index is -0.803. The third kappa shape index (κ3) is 5.83. The lowest BCUT2D eigenvalue weighted by atomic mass is 9.87. The molecular formula is C26H34Cl2N2O2S. The number of carbonyl (C=O) groups is 1. The zero-order valence-corrected chi connectivity index (χ0v) is 21.4. The minimum absolute atomic E-state index is 0. The molecule has 2 fully saturated rings. The van der Waals surface area contributed by atoms with E-state index in [-0.39, 0.29) is 24.8 Å². The van der Waals surface area contributed by atoms with Crippen molar-refractivity contribution in [2.24, 2.45) is 5.92 Å². The molecule has 0 saturated carbocycles. The van der Waals surface area contributed by atoms with Crippen molar-refractivity contribution in [2.75, 3.05) is 32.7 Å². The maximum Gasteiger partial charge on any atom is 0.345 e. The van der Waals surface area contributed by atoms with Crippen LogP contribution in [0.3, 0.4) is 0 Å². The summed E-state index contributed by atoms with van der Waals surface area (Å²) < 4.78 is 0. The summed E-state index contributed by atoms with van der Waals surface area (Å²) in [6.07, 6.45) is 8.10. The second-order valence-corrected chi connectivity index (χ2v) is 10.4. The quantitative estimate of drug-likeness (QED) is 0.545. The number of thiophene rings is 1. The van der Waals surface area contributed by atoms with Gasteiger partial charge in [0.2, 0.25) is 0 Å². The maximum absolute atomic E-state index is 11.7. The summed E-state index contributed by atoms with van der Waals surface area (Å²) in [5.74, 6) is 0.0772. The zero-order chi connectivity index (χ0) is 21.2. The Labute approximate surface area is 213 Å². The Kier molecular flexibility index (Phi) is 9.42. The van der Waals surface area contributed by atoms with E-state index >= 15 is 0 Å². The van der Waals surface area contributed by atoms with Crippen LogP contribution in [0, 0.1) is 5.92 Å². The number of hydrogen-bond donors (Lipinski definition) is 2. The van der Waals surface area contributed by atoms with Crippen molar-refractivity contribution in [3.63, 3.8) is 0 Å². The number of fused-ring (bicyclic) bond motifs is 2. The number of rotatable bonds is 5. The standard InChI is InChI=1S/C26H32N2O2S.2ClH/c29-26(30)24-16-22-23(31-24)8-7-19-5-1-2-6-21(19)25(22)20-10-14-28(15-11-20)13-3-4-18-9-12-27-17-18;;/h1-2,5-6,16,18,27H,3-4,7-15,17H2,(H,29,30);2*1H. The number of carboxylic acids is 1. The number of aryl methyl sites for hydroxylation is 2. The van der Waals surface area contributed by atoms with Gasteiger partial charge in [-0.25, -0.2) is 4.79 Å². The Morgan fingerprint density at radius 3 is 2.61 bits per heavy atom. The molecule has 3 heterocycles. The van der Waals surface area contributed by atoms with E-state index in [1.165, 1.54) is 82.9 Å². The Bertz CT molecular complexity index is 988. The fourth-order valence-electron chi connectivity index (χ4n) is 5.55. The van der Waals surface area contributed by atoms with E-state index in [2.05, 4.69) is 34.5 Å². The Balaban J connectivity index is 0.00000153. The highest BCUT2D eigenvalue weighted by Crippen LogP contribution is 2.41. The van der Waals surface area contributed by atoms with Crippen LogP contribution in [-0.2, 0) is 12.8 Å². The van der Waals surface area contributed by atoms with E-state index in [1.807, 2.05) is 6.07 Å². The van der Waals surface area contributed by atoms with Crippen LogP contribution in [-0.4, -0.2) is 48.7 Å². The van der Waals surface area contributed by atoms with Gasteiger partial charge in [-0.3, -0.25) is 0 Å². The highest BCUT2D eigenvalue weighted by atomic mass is 35.5. The van der Waals surface area contributed by atoms with Crippen LogP contribution in [0.5, 0.6) is 0 Å². The molecule has 1 aromatic heterocycles. The molecule has 2 aromatic rings. The largest absolute Gasteiger partial charge is 0.477 e. The Morgan fingerprint density at radius 2 is 1.88 bits per heavy atom. The summed E-state index contributed by atoms with van der Waals surface area (Å²) in [7, 11) is 0. The van der Waals surface area contributed by atoms with Gasteiger partial charge >= 0.3 is 5.97 Å². The number of nitrogens with zero attached hydrogens (tertiary/aromatic N) is 1. The monoisotopic (exact) mass is 508 g/mol. The molecule has 5 rings (SSSR count). The Hall–Kier alpha value is -1.37. The van der Waals surface area contributed by atoms with E-state index in [9.17, 15) is 9.90 Å². The lowest BCUT2D eigenvalue weighted by Gasteiger charge is -2.30. The Morgan fingerprint density at radius 1 is 1.09 bits per heavy atom. The normalized spacial score (nSPS) is 20.3. The first kappa shape index (κ1) is 26.2. The molecule has 1 aromatic carbocycles. The van der Waals surface area contributed by atoms with Gasteiger partial charge in [0.05, 0.1) is 0 Å². The summed E-state index contributed by atoms with van der Waals surface area (Å²) in [4.78, 5) is 16.0. The van der Waals surface area contributed by atoms with Crippen LogP contribution in [0.15, 0.2) is 35.9 Å². The van der Waals surface area contributed by atoms with E-state index in [4.69, 9.17) is 0 Å². The molecule has 0 bridgehead atoms. The molecule has 2 aliphatic heterocycles. The number of carboxylic acid groups (broad SMARTS) is 1. The maximum atomic E-state index is 11.7. The third-order valence-electron chi connectivity index (χ3n) is 7.26. The first-order valence-electron chi connectivity index (χ1n) is 11.8. The van der Waals surface area contributed by atoms with E-state index in [1.54, 1.807) is 0 Å². The second kappa shape index (κ2) is 11.9. The van der Waals surface area contributed by atoms with Gasteiger partial charge in [0.25, 0.3) is 0 Å². The van der Waals surface area contributed by atoms with Crippen molar-refractivity contribution in [2.45, 2.75) is 44.9 Å². The summed E-state index contributed by atoms with van der Waals surface area (Å²) in [6, 6.07) is 10.7. The van der Waals surface area contributed by atoms with Gasteiger partial charge in [0.15, 0.2) is 0 Å². The summed E-state index contributed by atoms with van der Waals surface area (Å²) >= 11 is 1.47. The molecule has 3 aliphatic rings. The number of piperidine rings is 1. The van der Waals surface area contributed by atoms with Crippen molar-refractivity contribution >= 4 is 47.7 Å². The molecule has 1 atom stereocenters. The number of hydrogen-bond acceptors (Lipinski definition) is 4. The molecule has 7 heteroatoms. The molecule has 2 saturated heterocycles. The molecule has 33 heavy (non-hydrogen) atoms. The predicted molar refractivity (Wildman–Crippen MR) is 142 cm³/mol. The average molecular weight is 510 g/mol. The highest BCUT2D eigenvalue weighted by molar-refractivity contribution is 7.14. The average Bonchev–Trinajstić information content (AvgIpc) is 3.42. The van der Waals surface area contributed by atoms with Gasteiger partial charge in [0.1, 0.15) is 4.88 Å². The lowest BCUT2D eigenvalue weighted by molar-refractivity contribution is 0.0702. The molecule has 0 radical (unpaired) electrons. The first-order chi connectivity index (χ1) is 15.2. The van der Waals surface area contributed by atoms with Crippen LogP contribution < -0.4 is 5.32 Å². The molecule has 0 spiro atoms. The molecule has 1 aliphatic carbocycles. The van der Waals surface area contributed by atoms with Crippen molar-refractivity contribution in [3.05, 3.63) is 62.3 Å². The summed E-state index contributed by atoms with van der Waals surface area (Å²) in [5.41, 5.74) is 6.76. The molecule has 180 valence electrons. The fraction of sp³-hybridized carbons (Fsp3) is 0.500. The molecule has 0 amide bonds. The molecule has 1 unspecified atom stereocenters. The molecular weight excluding hydrogens is 475 g/mol. The fourth-order valence-corrected chi connectivity index (χ4v) is 6.55. The molecule has 4 nitrogen and oxygen atoms in total. The van der Waals surface area contributed by atoms with Crippen LogP contribution in [0.25, 0.3) is 5.57 Å². The minimum Gasteiger partial charge on any atom is -0.477 e. The second-order valence-electron chi connectivity index (χ2n) is 9.23. The van der Waals surface area contributed by atoms with Crippen molar-refractivity contribution in [1.29, 1.82) is 0 Å². The predicted octanol–water partition coefficient (Wildman–Crippen LogP) is 5.68. The summed E-state index contributed by atoms with van der Waals surface area (Å²) in [6.45, 7) is 5.85. The van der Waals surface area contributed by atoms with Crippen LogP contribution in [0.4, 0.5) is 0 Å². The third-order valence-corrected chi connectivity index (χ3v) is 8.44. The number of likely N-dealkylation sites (tertiary alicyclic amines) is 1. The van der Waals surface area contributed by atoms with Crippen LogP contribution >= 0.6 is 36.2 Å². The van der Waals surface area contributed by atoms with Crippen LogP contribution in [0.1, 0.15) is 63.3 Å². The van der Waals surface area contributed by atoms with E-state index in [0.29, 0.717) is 4.88 Å². The molecule has 2 N–H and O–H groups in total. The van der Waals surface area contributed by atoms with Gasteiger partial charge in [-0.05, 0) is 98.8 Å². The number of benzene rings is 1. The van der Waals surface area contributed by atoms with Crippen LogP contribution in [0.2, 0.25) is 0 Å². The van der Waals surface area contributed by atoms with E-state index in [0.717, 1.165) is 44.7 Å². The smallest absolute Gasteiger partial charge is 0.345 e. The number of halogens is 2. The van der Waals surface area contributed by atoms with Gasteiger partial charge in [-0.2, -0.15) is 0 Å². The number of aromatic carboxylic acids is 1. The van der Waals surface area contributed by atoms with Gasteiger partial charge < -0.3 is 15.3 Å². The van der Waals surface area contributed by atoms with Gasteiger partial charge in [-0.1, -0.05) is 29.8 Å². The first-order valence-corrected chi connectivity index (χ1v) is 12.6. The van der Waals surface area contributed by atoms with Crippen molar-refractivity contribution in [1.82, 2.24) is 10.2 Å². The zero-order valence-electron chi connectivity index (χ0n) is 19.0. The lowest BCUT2D eigenvalue weighted by Crippen LogP contribution is -2.32. The summed E-state index contributed by atoms with van der Waals surface area (Å²) in [5, 5.41) is 13.1.